The van der Waals surface area contributed by atoms with Gasteiger partial charge in [-0.05, 0) is 41.8 Å². The summed E-state index contributed by atoms with van der Waals surface area (Å²) in [7, 11) is 0. The Balaban J connectivity index is 1.69. The van der Waals surface area contributed by atoms with Gasteiger partial charge in [-0.1, -0.05) is 44.0 Å². The number of amides is 1. The van der Waals surface area contributed by atoms with E-state index in [4.69, 9.17) is 0 Å². The first-order valence-corrected chi connectivity index (χ1v) is 10.3. The number of halogens is 4. The number of benzene rings is 2. The van der Waals surface area contributed by atoms with Gasteiger partial charge in [-0.25, -0.2) is 4.39 Å². The van der Waals surface area contributed by atoms with Gasteiger partial charge in [0.1, 0.15) is 11.5 Å². The Morgan fingerprint density at radius 2 is 1.94 bits per heavy atom. The van der Waals surface area contributed by atoms with Gasteiger partial charge in [0.15, 0.2) is 0 Å². The monoisotopic (exact) mass is 435 g/mol. The minimum Gasteiger partial charge on any atom is -0.347 e. The molecule has 1 atom stereocenters. The van der Waals surface area contributed by atoms with Crippen LogP contribution in [-0.2, 0) is 17.5 Å². The van der Waals surface area contributed by atoms with Crippen LogP contribution in [-0.4, -0.2) is 23.2 Å². The van der Waals surface area contributed by atoms with Crippen molar-refractivity contribution in [2.45, 2.75) is 51.4 Å². The van der Waals surface area contributed by atoms with Crippen LogP contribution in [0.2, 0.25) is 0 Å². The fraction of sp³-hybridized carbons (Fsp3) is 0.391. The molecule has 1 heterocycles. The van der Waals surface area contributed by atoms with Crippen LogP contribution >= 0.6 is 0 Å². The van der Waals surface area contributed by atoms with E-state index >= 15 is 0 Å². The van der Waals surface area contributed by atoms with Crippen LogP contribution in [0.5, 0.6) is 0 Å². The molecule has 0 spiro atoms. The summed E-state index contributed by atoms with van der Waals surface area (Å²) < 4.78 is 52.4. The fourth-order valence-electron chi connectivity index (χ4n) is 3.57. The molecule has 2 aromatic carbocycles. The molecule has 1 N–H and O–H groups in total. The Labute approximate surface area is 178 Å². The van der Waals surface area contributed by atoms with Crippen LogP contribution in [0.3, 0.4) is 0 Å². The summed E-state index contributed by atoms with van der Waals surface area (Å²) in [5, 5.41) is 8.91. The highest BCUT2D eigenvalue weighted by Gasteiger charge is 2.32. The summed E-state index contributed by atoms with van der Waals surface area (Å²) in [6.07, 6.45) is -1.19. The van der Waals surface area contributed by atoms with Crippen molar-refractivity contribution in [2.75, 3.05) is 6.54 Å². The number of carbonyl (C=O) groups excluding carboxylic acids is 1. The summed E-state index contributed by atoms with van der Waals surface area (Å²) in [5.41, 5.74) is 0.618. The molecule has 0 saturated heterocycles. The highest BCUT2D eigenvalue weighted by Crippen LogP contribution is 2.32. The Kier molecular flexibility index (Phi) is 7.30. The molecule has 0 fully saturated rings. The molecular formula is C23H25F4N3O. The minimum atomic E-state index is -4.44. The molecule has 4 nitrogen and oxygen atoms in total. The Morgan fingerprint density at radius 1 is 1.16 bits per heavy atom. The van der Waals surface area contributed by atoms with Gasteiger partial charge in [-0.15, -0.1) is 0 Å². The van der Waals surface area contributed by atoms with Gasteiger partial charge in [0.05, 0.1) is 11.6 Å². The number of alkyl halides is 3. The zero-order chi connectivity index (χ0) is 22.4. The van der Waals surface area contributed by atoms with Crippen molar-refractivity contribution < 1.29 is 22.4 Å². The van der Waals surface area contributed by atoms with E-state index in [0.29, 0.717) is 18.5 Å². The Hall–Kier alpha value is -2.90. The molecule has 2 aromatic rings. The SMILES string of the molecule is CCCCCN1N=C(C(=O)NCc2cccc(C(F)(F)F)c2)CC1c1cccc(F)c1. The molecule has 0 radical (unpaired) electrons. The van der Waals surface area contributed by atoms with E-state index in [-0.39, 0.29) is 24.1 Å². The fourth-order valence-corrected chi connectivity index (χ4v) is 3.57. The topological polar surface area (TPSA) is 44.7 Å². The zero-order valence-corrected chi connectivity index (χ0v) is 17.3. The molecule has 3 rings (SSSR count). The van der Waals surface area contributed by atoms with Crippen LogP contribution in [0.15, 0.2) is 53.6 Å². The van der Waals surface area contributed by atoms with E-state index in [1.165, 1.54) is 24.3 Å². The normalized spacial score (nSPS) is 16.4. The van der Waals surface area contributed by atoms with Crippen LogP contribution < -0.4 is 5.32 Å². The number of carbonyl (C=O) groups is 1. The summed E-state index contributed by atoms with van der Waals surface area (Å²) in [6.45, 7) is 2.69. The molecular weight excluding hydrogens is 410 g/mol. The molecule has 1 aliphatic heterocycles. The highest BCUT2D eigenvalue weighted by molar-refractivity contribution is 6.39. The summed E-state index contributed by atoms with van der Waals surface area (Å²) in [6, 6.07) is 10.8. The molecule has 31 heavy (non-hydrogen) atoms. The highest BCUT2D eigenvalue weighted by atomic mass is 19.4. The number of hydrogen-bond donors (Lipinski definition) is 1. The van der Waals surface area contributed by atoms with E-state index in [1.54, 1.807) is 12.1 Å². The van der Waals surface area contributed by atoms with Gasteiger partial charge in [0.2, 0.25) is 0 Å². The maximum atomic E-state index is 13.7. The molecule has 0 aromatic heterocycles. The lowest BCUT2D eigenvalue weighted by atomic mass is 10.0. The molecule has 8 heteroatoms. The van der Waals surface area contributed by atoms with E-state index in [2.05, 4.69) is 17.3 Å². The first-order chi connectivity index (χ1) is 14.8. The van der Waals surface area contributed by atoms with Crippen molar-refractivity contribution in [3.63, 3.8) is 0 Å². The second kappa shape index (κ2) is 9.94. The lowest BCUT2D eigenvalue weighted by Crippen LogP contribution is -2.30. The van der Waals surface area contributed by atoms with Crippen LogP contribution in [0.25, 0.3) is 0 Å². The maximum absolute atomic E-state index is 13.7. The van der Waals surface area contributed by atoms with E-state index < -0.39 is 17.6 Å². The quantitative estimate of drug-likeness (QED) is 0.442. The third-order valence-corrected chi connectivity index (χ3v) is 5.19. The lowest BCUT2D eigenvalue weighted by molar-refractivity contribution is -0.137. The van der Waals surface area contributed by atoms with Crippen molar-refractivity contribution in [2.24, 2.45) is 5.10 Å². The largest absolute Gasteiger partial charge is 0.416 e. The van der Waals surface area contributed by atoms with E-state index in [1.807, 2.05) is 5.01 Å². The second-order valence-corrected chi connectivity index (χ2v) is 7.57. The van der Waals surface area contributed by atoms with Gasteiger partial charge in [-0.3, -0.25) is 9.80 Å². The Morgan fingerprint density at radius 3 is 2.65 bits per heavy atom. The van der Waals surface area contributed by atoms with Gasteiger partial charge in [-0.2, -0.15) is 18.3 Å². The van der Waals surface area contributed by atoms with Crippen LogP contribution in [0.1, 0.15) is 55.3 Å². The average molecular weight is 435 g/mol. The van der Waals surface area contributed by atoms with E-state index in [9.17, 15) is 22.4 Å². The number of nitrogens with zero attached hydrogens (tertiary/aromatic N) is 2. The predicted molar refractivity (Wildman–Crippen MR) is 111 cm³/mol. The second-order valence-electron chi connectivity index (χ2n) is 7.57. The van der Waals surface area contributed by atoms with Crippen molar-refractivity contribution in [1.29, 1.82) is 0 Å². The molecule has 166 valence electrons. The van der Waals surface area contributed by atoms with Crippen molar-refractivity contribution in [3.05, 3.63) is 71.0 Å². The van der Waals surface area contributed by atoms with Crippen molar-refractivity contribution in [1.82, 2.24) is 10.3 Å². The number of rotatable bonds is 8. The Bertz CT molecular complexity index is 942. The van der Waals surface area contributed by atoms with Crippen LogP contribution in [0.4, 0.5) is 17.6 Å². The number of hydrazone groups is 1. The summed E-state index contributed by atoms with van der Waals surface area (Å²) in [4.78, 5) is 12.7. The third-order valence-electron chi connectivity index (χ3n) is 5.19. The standard InChI is InChI=1S/C23H25F4N3O/c1-2-3-4-11-30-21(17-8-6-10-19(24)13-17)14-20(29-30)22(31)28-15-16-7-5-9-18(12-16)23(25,26)27/h5-10,12-13,21H,2-4,11,14-15H2,1H3,(H,28,31). The third kappa shape index (κ3) is 6.06. The predicted octanol–water partition coefficient (Wildman–Crippen LogP) is 5.45. The van der Waals surface area contributed by atoms with Crippen molar-refractivity contribution in [3.8, 4) is 0 Å². The minimum absolute atomic E-state index is 0.0394. The molecule has 0 saturated carbocycles. The van der Waals surface area contributed by atoms with Crippen LogP contribution in [0, 0.1) is 5.82 Å². The lowest BCUT2D eigenvalue weighted by Gasteiger charge is -2.23. The zero-order valence-electron chi connectivity index (χ0n) is 17.3. The number of hydrogen-bond acceptors (Lipinski definition) is 3. The maximum Gasteiger partial charge on any atom is 0.416 e. The van der Waals surface area contributed by atoms with Gasteiger partial charge in [0, 0.05) is 19.5 Å². The molecule has 0 bridgehead atoms. The molecule has 1 aliphatic rings. The first-order valence-electron chi connectivity index (χ1n) is 10.3. The molecule has 1 amide bonds. The summed E-state index contributed by atoms with van der Waals surface area (Å²) in [5.74, 6) is -0.787. The number of unbranched alkanes of at least 4 members (excludes halogenated alkanes) is 2. The smallest absolute Gasteiger partial charge is 0.347 e. The average Bonchev–Trinajstić information content (AvgIpc) is 3.16. The molecule has 0 aliphatic carbocycles. The van der Waals surface area contributed by atoms with E-state index in [0.717, 1.165) is 37.0 Å². The van der Waals surface area contributed by atoms with Crippen molar-refractivity contribution >= 4 is 11.6 Å². The first kappa shape index (κ1) is 22.8. The molecule has 1 unspecified atom stereocenters. The van der Waals surface area contributed by atoms with Gasteiger partial charge >= 0.3 is 6.18 Å². The van der Waals surface area contributed by atoms with Gasteiger partial charge < -0.3 is 5.32 Å². The number of nitrogens with one attached hydrogen (secondary N) is 1. The summed E-state index contributed by atoms with van der Waals surface area (Å²) >= 11 is 0. The van der Waals surface area contributed by atoms with Gasteiger partial charge in [0.25, 0.3) is 5.91 Å².